The summed E-state index contributed by atoms with van der Waals surface area (Å²) in [6.07, 6.45) is 4.93. The van der Waals surface area contributed by atoms with Gasteiger partial charge in [-0.3, -0.25) is 20.2 Å². The molecule has 0 fully saturated rings. The molecule has 0 unspecified atom stereocenters. The van der Waals surface area contributed by atoms with Crippen molar-refractivity contribution in [3.8, 4) is 0 Å². The normalized spacial score (nSPS) is 11.3. The van der Waals surface area contributed by atoms with E-state index >= 15 is 0 Å². The van der Waals surface area contributed by atoms with Gasteiger partial charge in [0.05, 0.1) is 141 Å². The zero-order chi connectivity index (χ0) is 36.2. The minimum absolute atomic E-state index is 0.188. The Hall–Kier alpha value is -1.85. The lowest BCUT2D eigenvalue weighted by Gasteiger charge is -2.09. The van der Waals surface area contributed by atoms with E-state index in [2.05, 4.69) is 27.9 Å². The van der Waals surface area contributed by atoms with Crippen molar-refractivity contribution in [3.63, 3.8) is 0 Å². The van der Waals surface area contributed by atoms with Crippen LogP contribution in [0.5, 0.6) is 0 Å². The summed E-state index contributed by atoms with van der Waals surface area (Å²) in [7, 11) is 0. The van der Waals surface area contributed by atoms with Crippen LogP contribution in [0.2, 0.25) is 0 Å². The molecule has 0 saturated heterocycles. The number of anilines is 1. The maximum atomic E-state index is 11.1. The van der Waals surface area contributed by atoms with Crippen LogP contribution in [0.4, 0.5) is 17.1 Å². The third-order valence-electron chi connectivity index (χ3n) is 6.47. The number of nitro benzene ring substituents is 2. The Bertz CT molecular complexity index is 953. The van der Waals surface area contributed by atoms with E-state index in [0.29, 0.717) is 125 Å². The number of nitro groups is 2. The van der Waals surface area contributed by atoms with Gasteiger partial charge >= 0.3 is 0 Å². The van der Waals surface area contributed by atoms with E-state index in [-0.39, 0.29) is 23.7 Å². The van der Waals surface area contributed by atoms with Gasteiger partial charge in [0.2, 0.25) is 0 Å². The summed E-state index contributed by atoms with van der Waals surface area (Å²) in [5, 5.41) is 24.8. The van der Waals surface area contributed by atoms with E-state index in [4.69, 9.17) is 47.4 Å². The van der Waals surface area contributed by atoms with Gasteiger partial charge in [-0.25, -0.2) is 0 Å². The van der Waals surface area contributed by atoms with Gasteiger partial charge in [-0.2, -0.15) is 0 Å². The molecular weight excluding hydrogens is 777 g/mol. The molecule has 0 heterocycles. The largest absolute Gasteiger partial charge is 0.379 e. The number of alkyl halides is 1. The van der Waals surface area contributed by atoms with E-state index < -0.39 is 9.85 Å². The lowest BCUT2D eigenvalue weighted by Crippen LogP contribution is -2.16. The summed E-state index contributed by atoms with van der Waals surface area (Å²) in [4.78, 5) is 20.6. The molecule has 1 N–H and O–H groups in total. The molecule has 0 aromatic heterocycles. The molecule has 18 heteroatoms. The van der Waals surface area contributed by atoms with Gasteiger partial charge in [-0.15, -0.1) is 0 Å². The van der Waals surface area contributed by atoms with Crippen LogP contribution < -0.4 is 5.32 Å². The molecule has 0 aliphatic rings. The van der Waals surface area contributed by atoms with Gasteiger partial charge in [0, 0.05) is 19.2 Å². The second kappa shape index (κ2) is 35.5. The quantitative estimate of drug-likeness (QED) is 0.0328. The Balaban J connectivity index is 1.71. The maximum Gasteiger partial charge on any atom is 0.299 e. The van der Waals surface area contributed by atoms with Crippen LogP contribution in [0, 0.1) is 20.2 Å². The van der Waals surface area contributed by atoms with Crippen molar-refractivity contribution in [2.45, 2.75) is 25.7 Å². The number of ether oxygens (including phenoxy) is 10. The monoisotopic (exact) mass is 833 g/mol. The number of benzene rings is 1. The van der Waals surface area contributed by atoms with Gasteiger partial charge in [0.1, 0.15) is 5.69 Å². The van der Waals surface area contributed by atoms with Gasteiger partial charge in [-0.05, 0) is 23.3 Å². The number of rotatable bonds is 39. The molecule has 1 aromatic rings. The highest BCUT2D eigenvalue weighted by molar-refractivity contribution is 14.1. The summed E-state index contributed by atoms with van der Waals surface area (Å²) in [6.45, 7) is 10.0. The zero-order valence-corrected chi connectivity index (χ0v) is 31.3. The molecule has 0 aliphatic carbocycles. The Kier molecular flexibility index (Phi) is 32.8. The highest BCUT2D eigenvalue weighted by atomic mass is 127. The van der Waals surface area contributed by atoms with Crippen molar-refractivity contribution in [3.05, 3.63) is 38.4 Å². The van der Waals surface area contributed by atoms with Crippen LogP contribution >= 0.6 is 22.6 Å². The predicted octanol–water partition coefficient (Wildman–Crippen LogP) is 4.08. The van der Waals surface area contributed by atoms with E-state index in [0.717, 1.165) is 19.1 Å². The molecule has 1 rings (SSSR count). The molecule has 17 nitrogen and oxygen atoms in total. The van der Waals surface area contributed by atoms with Crippen LogP contribution in [-0.4, -0.2) is 153 Å². The molecule has 0 aliphatic heterocycles. The fourth-order valence-corrected chi connectivity index (χ4v) is 4.46. The first-order valence-corrected chi connectivity index (χ1v) is 18.6. The summed E-state index contributed by atoms with van der Waals surface area (Å²) in [5.41, 5.74) is -0.520. The third kappa shape index (κ3) is 28.8. The average Bonchev–Trinajstić information content (AvgIpc) is 3.11. The van der Waals surface area contributed by atoms with Gasteiger partial charge < -0.3 is 52.7 Å². The first-order valence-electron chi connectivity index (χ1n) is 17.1. The summed E-state index contributed by atoms with van der Waals surface area (Å²) in [5.74, 6) is 0. The fourth-order valence-electron chi connectivity index (χ4n) is 3.93. The highest BCUT2D eigenvalue weighted by Gasteiger charge is 2.19. The summed E-state index contributed by atoms with van der Waals surface area (Å²) < 4.78 is 55.9. The molecule has 0 amide bonds. The number of non-ortho nitro benzene ring substituents is 1. The lowest BCUT2D eigenvalue weighted by molar-refractivity contribution is -0.393. The smallest absolute Gasteiger partial charge is 0.299 e. The topological polar surface area (TPSA) is 191 Å². The maximum absolute atomic E-state index is 11.1. The molecule has 0 radical (unpaired) electrons. The van der Waals surface area contributed by atoms with Crippen molar-refractivity contribution in [1.82, 2.24) is 0 Å². The summed E-state index contributed by atoms with van der Waals surface area (Å²) in [6, 6.07) is 3.43. The van der Waals surface area contributed by atoms with Crippen molar-refractivity contribution in [2.24, 2.45) is 0 Å². The number of hydrogen-bond donors (Lipinski definition) is 1. The number of nitrogens with one attached hydrogen (secondary N) is 1. The zero-order valence-electron chi connectivity index (χ0n) is 29.1. The summed E-state index contributed by atoms with van der Waals surface area (Å²) >= 11 is 2.41. The lowest BCUT2D eigenvalue weighted by atomic mass is 10.2. The Morgan fingerprint density at radius 3 is 1.20 bits per heavy atom. The van der Waals surface area contributed by atoms with Crippen molar-refractivity contribution in [1.29, 1.82) is 0 Å². The molecule has 0 atom stereocenters. The molecular formula is C32H56IN3O14. The first-order chi connectivity index (χ1) is 24.6. The minimum Gasteiger partial charge on any atom is -0.379 e. The first kappa shape index (κ1) is 46.2. The standard InChI is InChI=1S/C32H56IN3O14/c33-7-3-1-2-4-9-41-11-13-43-15-17-45-19-21-47-23-25-49-27-28-50-26-24-48-22-20-46-18-16-44-14-12-42-10-8-34-31-6-5-30(35(37)38)29-32(31)36(39)40/h5-6,29,34H,1-4,7-28H2. The fraction of sp³-hybridized carbons (Fsp3) is 0.812. The van der Waals surface area contributed by atoms with E-state index in [1.165, 1.54) is 35.8 Å². The number of halogens is 1. The van der Waals surface area contributed by atoms with E-state index in [9.17, 15) is 20.2 Å². The van der Waals surface area contributed by atoms with Crippen LogP contribution in [0.1, 0.15) is 25.7 Å². The molecule has 290 valence electrons. The van der Waals surface area contributed by atoms with E-state index in [1.807, 2.05) is 0 Å². The predicted molar refractivity (Wildman–Crippen MR) is 194 cm³/mol. The van der Waals surface area contributed by atoms with Gasteiger partial charge in [-0.1, -0.05) is 35.4 Å². The SMILES string of the molecule is O=[N+]([O-])c1ccc(NCCOCCOCCOCCOCCOCCOCCOCCOCCOCCOCCCCCCI)c([N+](=O)[O-])c1. The number of unbranched alkanes of at least 4 members (excludes halogenated alkanes) is 3. The van der Waals surface area contributed by atoms with Crippen LogP contribution in [0.25, 0.3) is 0 Å². The van der Waals surface area contributed by atoms with Crippen molar-refractivity contribution in [2.75, 3.05) is 148 Å². The van der Waals surface area contributed by atoms with Gasteiger partial charge in [0.15, 0.2) is 0 Å². The van der Waals surface area contributed by atoms with Crippen LogP contribution in [0.3, 0.4) is 0 Å². The second-order valence-corrected chi connectivity index (χ2v) is 11.4. The second-order valence-electron chi connectivity index (χ2n) is 10.4. The van der Waals surface area contributed by atoms with Crippen molar-refractivity contribution < 1.29 is 57.2 Å². The van der Waals surface area contributed by atoms with Crippen molar-refractivity contribution >= 4 is 39.7 Å². The van der Waals surface area contributed by atoms with Crippen LogP contribution in [-0.2, 0) is 47.4 Å². The van der Waals surface area contributed by atoms with Crippen LogP contribution in [0.15, 0.2) is 18.2 Å². The van der Waals surface area contributed by atoms with Gasteiger partial charge in [0.25, 0.3) is 11.4 Å². The Morgan fingerprint density at radius 2 is 0.840 bits per heavy atom. The Morgan fingerprint density at radius 1 is 0.480 bits per heavy atom. The number of nitrogens with zero attached hydrogens (tertiary/aromatic N) is 2. The van der Waals surface area contributed by atoms with E-state index in [1.54, 1.807) is 0 Å². The molecule has 0 bridgehead atoms. The highest BCUT2D eigenvalue weighted by Crippen LogP contribution is 2.28. The molecule has 0 saturated carbocycles. The number of hydrogen-bond acceptors (Lipinski definition) is 15. The average molecular weight is 834 g/mol. The minimum atomic E-state index is -0.679. The third-order valence-corrected chi connectivity index (χ3v) is 7.23. The molecule has 50 heavy (non-hydrogen) atoms. The Labute approximate surface area is 308 Å². The molecule has 1 aromatic carbocycles. The molecule has 0 spiro atoms.